The molecular formula is C4H13N2P. The van der Waals surface area contributed by atoms with Crippen molar-refractivity contribution in [1.82, 2.24) is 0 Å². The largest absolute Gasteiger partial charge is 0.326 e. The van der Waals surface area contributed by atoms with Crippen LogP contribution in [0.4, 0.5) is 0 Å². The average molecular weight is 120 g/mol. The maximum atomic E-state index is 5.52. The van der Waals surface area contributed by atoms with E-state index in [4.69, 9.17) is 11.2 Å². The molecule has 0 bridgehead atoms. The number of hydrogen-bond donors (Lipinski definition) is 2. The fourth-order valence-electron chi connectivity index (χ4n) is 0.379. The van der Waals surface area contributed by atoms with Gasteiger partial charge in [0.25, 0.3) is 0 Å². The zero-order valence-electron chi connectivity index (χ0n) is 4.72. The molecule has 0 aliphatic rings. The maximum Gasteiger partial charge on any atom is 0.0260 e. The molecule has 0 heterocycles. The minimum absolute atomic E-state index is 0.301. The second-order valence-corrected chi connectivity index (χ2v) is 3.48. The lowest BCUT2D eigenvalue weighted by Gasteiger charge is -2.03. The molecule has 1 unspecified atom stereocenters. The molecule has 3 heteroatoms. The SMILES string of the molecule is CCCP(N)CN. The summed E-state index contributed by atoms with van der Waals surface area (Å²) >= 11 is 0. The van der Waals surface area contributed by atoms with Gasteiger partial charge in [0.2, 0.25) is 0 Å². The van der Waals surface area contributed by atoms with Gasteiger partial charge >= 0.3 is 0 Å². The van der Waals surface area contributed by atoms with Gasteiger partial charge < -0.3 is 11.2 Å². The van der Waals surface area contributed by atoms with Gasteiger partial charge in [-0.3, -0.25) is 0 Å². The molecule has 0 aromatic rings. The first-order valence-electron chi connectivity index (χ1n) is 2.51. The second kappa shape index (κ2) is 4.51. The van der Waals surface area contributed by atoms with E-state index >= 15 is 0 Å². The van der Waals surface area contributed by atoms with Gasteiger partial charge in [0.15, 0.2) is 0 Å². The highest BCUT2D eigenvalue weighted by Gasteiger charge is 1.92. The second-order valence-electron chi connectivity index (χ2n) is 1.49. The summed E-state index contributed by atoms with van der Waals surface area (Å²) in [5.41, 5.74) is 10.8. The Morgan fingerprint density at radius 1 is 1.57 bits per heavy atom. The number of rotatable bonds is 3. The molecule has 1 atom stereocenters. The topological polar surface area (TPSA) is 52.0 Å². The summed E-state index contributed by atoms with van der Waals surface area (Å²) in [5.74, 6) is 0. The summed E-state index contributed by atoms with van der Waals surface area (Å²) < 4.78 is 0. The van der Waals surface area contributed by atoms with E-state index in [-0.39, 0.29) is 8.07 Å². The zero-order valence-corrected chi connectivity index (χ0v) is 5.62. The summed E-state index contributed by atoms with van der Waals surface area (Å²) in [6, 6.07) is 0. The Balaban J connectivity index is 2.83. The van der Waals surface area contributed by atoms with Crippen molar-refractivity contribution in [3.05, 3.63) is 0 Å². The fourth-order valence-corrected chi connectivity index (χ4v) is 1.14. The van der Waals surface area contributed by atoms with Crippen molar-refractivity contribution in [3.8, 4) is 0 Å². The molecule has 0 fully saturated rings. The molecule has 0 rings (SSSR count). The van der Waals surface area contributed by atoms with Crippen LogP contribution in [0.25, 0.3) is 0 Å². The lowest BCUT2D eigenvalue weighted by molar-refractivity contribution is 1.09. The van der Waals surface area contributed by atoms with E-state index in [1.54, 1.807) is 0 Å². The highest BCUT2D eigenvalue weighted by atomic mass is 31.1. The Bertz CT molecular complexity index is 40.7. The number of hydrogen-bond acceptors (Lipinski definition) is 2. The minimum atomic E-state index is -0.301. The van der Waals surface area contributed by atoms with E-state index in [0.717, 1.165) is 6.16 Å². The van der Waals surface area contributed by atoms with Crippen LogP contribution in [0.3, 0.4) is 0 Å². The summed E-state index contributed by atoms with van der Waals surface area (Å²) in [5, 5.41) is 0. The Morgan fingerprint density at radius 2 is 2.14 bits per heavy atom. The third kappa shape index (κ3) is 4.20. The van der Waals surface area contributed by atoms with E-state index in [2.05, 4.69) is 6.92 Å². The Kier molecular flexibility index (Phi) is 4.73. The first kappa shape index (κ1) is 7.35. The molecule has 0 aliphatic carbocycles. The van der Waals surface area contributed by atoms with Crippen LogP contribution in [-0.2, 0) is 0 Å². The normalized spacial score (nSPS) is 14.1. The zero-order chi connectivity index (χ0) is 5.70. The average Bonchev–Trinajstić information content (AvgIpc) is 1.68. The van der Waals surface area contributed by atoms with Crippen LogP contribution < -0.4 is 11.2 Å². The molecule has 0 radical (unpaired) electrons. The van der Waals surface area contributed by atoms with Crippen molar-refractivity contribution >= 4 is 8.07 Å². The maximum absolute atomic E-state index is 5.52. The first-order valence-corrected chi connectivity index (χ1v) is 4.29. The summed E-state index contributed by atoms with van der Waals surface area (Å²) in [6.07, 6.45) is 2.97. The molecule has 0 aromatic carbocycles. The van der Waals surface area contributed by atoms with E-state index in [1.807, 2.05) is 0 Å². The van der Waals surface area contributed by atoms with Crippen LogP contribution in [0, 0.1) is 0 Å². The summed E-state index contributed by atoms with van der Waals surface area (Å²) in [7, 11) is -0.301. The molecule has 4 N–H and O–H groups in total. The molecule has 0 spiro atoms. The van der Waals surface area contributed by atoms with E-state index < -0.39 is 0 Å². The lowest BCUT2D eigenvalue weighted by Crippen LogP contribution is -2.05. The van der Waals surface area contributed by atoms with Gasteiger partial charge in [-0.2, -0.15) is 0 Å². The molecular weight excluding hydrogens is 107 g/mol. The fraction of sp³-hybridized carbons (Fsp3) is 1.00. The summed E-state index contributed by atoms with van der Waals surface area (Å²) in [6.45, 7) is 2.12. The number of nitrogens with two attached hydrogens (primary N) is 2. The van der Waals surface area contributed by atoms with Gasteiger partial charge in [0.1, 0.15) is 0 Å². The quantitative estimate of drug-likeness (QED) is 0.538. The molecule has 2 nitrogen and oxygen atoms in total. The van der Waals surface area contributed by atoms with Gasteiger partial charge in [-0.25, -0.2) is 0 Å². The van der Waals surface area contributed by atoms with E-state index in [9.17, 15) is 0 Å². The predicted molar refractivity (Wildman–Crippen MR) is 35.3 cm³/mol. The smallest absolute Gasteiger partial charge is 0.0260 e. The van der Waals surface area contributed by atoms with Crippen molar-refractivity contribution in [1.29, 1.82) is 0 Å². The Hall–Kier alpha value is 0.350. The molecule has 0 aromatic heterocycles. The molecule has 44 valence electrons. The van der Waals surface area contributed by atoms with Crippen LogP contribution in [0.15, 0.2) is 0 Å². The Labute approximate surface area is 46.1 Å². The monoisotopic (exact) mass is 120 g/mol. The van der Waals surface area contributed by atoms with Gasteiger partial charge in [0.05, 0.1) is 0 Å². The van der Waals surface area contributed by atoms with Crippen LogP contribution in [0.5, 0.6) is 0 Å². The molecule has 0 aliphatic heterocycles. The minimum Gasteiger partial charge on any atom is -0.326 e. The van der Waals surface area contributed by atoms with E-state index in [1.165, 1.54) is 6.42 Å². The third-order valence-corrected chi connectivity index (χ3v) is 2.24. The van der Waals surface area contributed by atoms with Crippen LogP contribution >= 0.6 is 8.07 Å². The highest BCUT2D eigenvalue weighted by molar-refractivity contribution is 7.55. The lowest BCUT2D eigenvalue weighted by atomic mass is 10.6. The van der Waals surface area contributed by atoms with Gasteiger partial charge in [0, 0.05) is 6.29 Å². The molecule has 0 amide bonds. The van der Waals surface area contributed by atoms with E-state index in [0.29, 0.717) is 6.29 Å². The van der Waals surface area contributed by atoms with Crippen molar-refractivity contribution in [3.63, 3.8) is 0 Å². The van der Waals surface area contributed by atoms with Crippen molar-refractivity contribution in [2.45, 2.75) is 13.3 Å². The van der Waals surface area contributed by atoms with Crippen molar-refractivity contribution in [2.75, 3.05) is 12.4 Å². The van der Waals surface area contributed by atoms with Crippen molar-refractivity contribution in [2.24, 2.45) is 11.2 Å². The van der Waals surface area contributed by atoms with Crippen LogP contribution in [0.2, 0.25) is 0 Å². The van der Waals surface area contributed by atoms with Crippen LogP contribution in [-0.4, -0.2) is 12.4 Å². The van der Waals surface area contributed by atoms with Gasteiger partial charge in [-0.15, -0.1) is 0 Å². The van der Waals surface area contributed by atoms with Crippen LogP contribution in [0.1, 0.15) is 13.3 Å². The molecule has 7 heavy (non-hydrogen) atoms. The molecule has 0 saturated heterocycles. The van der Waals surface area contributed by atoms with Crippen molar-refractivity contribution < 1.29 is 0 Å². The first-order chi connectivity index (χ1) is 3.31. The summed E-state index contributed by atoms with van der Waals surface area (Å²) in [4.78, 5) is 0. The highest BCUT2D eigenvalue weighted by Crippen LogP contribution is 2.21. The van der Waals surface area contributed by atoms with Gasteiger partial charge in [-0.1, -0.05) is 13.3 Å². The predicted octanol–water partition coefficient (Wildman–Crippen LogP) is 0.668. The molecule has 0 saturated carbocycles. The van der Waals surface area contributed by atoms with Gasteiger partial charge in [-0.05, 0) is 14.2 Å². The standard InChI is InChI=1S/C4H13N2P/c1-2-3-7(6)4-5/h2-6H2,1H3. The Morgan fingerprint density at radius 3 is 2.29 bits per heavy atom. The third-order valence-electron chi connectivity index (χ3n) is 0.745.